The lowest BCUT2D eigenvalue weighted by Crippen LogP contribution is -1.90. The van der Waals surface area contributed by atoms with Crippen LogP contribution in [0.15, 0.2) is 36.5 Å². The first-order valence-electron chi connectivity index (χ1n) is 4.34. The maximum atomic E-state index is 13.5. The van der Waals surface area contributed by atoms with E-state index in [1.165, 1.54) is 6.07 Å². The van der Waals surface area contributed by atoms with Crippen molar-refractivity contribution in [1.29, 1.82) is 0 Å². The van der Waals surface area contributed by atoms with Gasteiger partial charge in [0.25, 0.3) is 0 Å². The fourth-order valence-corrected chi connectivity index (χ4v) is 1.50. The van der Waals surface area contributed by atoms with E-state index in [1.54, 1.807) is 30.5 Å². The van der Waals surface area contributed by atoms with Gasteiger partial charge in [0.1, 0.15) is 11.6 Å². The maximum Gasteiger partial charge on any atom is 0.132 e. The molecule has 2 nitrogen and oxygen atoms in total. The van der Waals surface area contributed by atoms with Crippen LogP contribution in [-0.2, 0) is 0 Å². The van der Waals surface area contributed by atoms with Gasteiger partial charge in [0.2, 0.25) is 0 Å². The number of pyridine rings is 1. The number of nitrogens with zero attached hydrogens (tertiary/aromatic N) is 1. The first kappa shape index (κ1) is 9.93. The lowest BCUT2D eigenvalue weighted by Gasteiger charge is -2.04. The Hall–Kier alpha value is -1.61. The normalized spacial score (nSPS) is 10.3. The molecule has 0 aliphatic rings. The molecule has 15 heavy (non-hydrogen) atoms. The molecular formula is C11H8ClFN2. The summed E-state index contributed by atoms with van der Waals surface area (Å²) in [4.78, 5) is 3.84. The third-order valence-corrected chi connectivity index (χ3v) is 2.26. The molecule has 0 aliphatic heterocycles. The van der Waals surface area contributed by atoms with E-state index in [0.717, 1.165) is 0 Å². The lowest BCUT2D eigenvalue weighted by atomic mass is 10.1. The average Bonchev–Trinajstić information content (AvgIpc) is 2.17. The molecule has 2 N–H and O–H groups in total. The molecule has 1 heterocycles. The number of hydrogen-bond donors (Lipinski definition) is 1. The second kappa shape index (κ2) is 3.87. The van der Waals surface area contributed by atoms with Crippen LogP contribution in [0.3, 0.4) is 0 Å². The number of rotatable bonds is 1. The van der Waals surface area contributed by atoms with E-state index in [-0.39, 0.29) is 5.82 Å². The lowest BCUT2D eigenvalue weighted by molar-refractivity contribution is 0.631. The van der Waals surface area contributed by atoms with Crippen LogP contribution in [-0.4, -0.2) is 4.98 Å². The molecule has 76 valence electrons. The van der Waals surface area contributed by atoms with Crippen molar-refractivity contribution in [2.75, 3.05) is 5.73 Å². The van der Waals surface area contributed by atoms with E-state index in [1.807, 2.05) is 0 Å². The Balaban J connectivity index is 2.54. The number of nitrogens with two attached hydrogens (primary N) is 1. The maximum absolute atomic E-state index is 13.5. The van der Waals surface area contributed by atoms with Gasteiger partial charge >= 0.3 is 0 Å². The minimum Gasteiger partial charge on any atom is -0.384 e. The summed E-state index contributed by atoms with van der Waals surface area (Å²) in [6, 6.07) is 7.84. The summed E-state index contributed by atoms with van der Waals surface area (Å²) in [5.41, 5.74) is 6.67. The fraction of sp³-hybridized carbons (Fsp3) is 0. The van der Waals surface area contributed by atoms with Gasteiger partial charge in [0, 0.05) is 16.8 Å². The van der Waals surface area contributed by atoms with E-state index in [4.69, 9.17) is 17.3 Å². The Labute approximate surface area is 91.5 Å². The number of aromatic nitrogens is 1. The van der Waals surface area contributed by atoms with E-state index < -0.39 is 0 Å². The van der Waals surface area contributed by atoms with E-state index in [2.05, 4.69) is 4.98 Å². The quantitative estimate of drug-likeness (QED) is 0.805. The van der Waals surface area contributed by atoms with Crippen LogP contribution >= 0.6 is 11.6 Å². The summed E-state index contributed by atoms with van der Waals surface area (Å²) in [7, 11) is 0. The molecule has 0 radical (unpaired) electrons. The van der Waals surface area contributed by atoms with Crippen LogP contribution in [0.25, 0.3) is 11.1 Å². The fourth-order valence-electron chi connectivity index (χ4n) is 1.34. The highest BCUT2D eigenvalue weighted by Gasteiger charge is 2.05. The highest BCUT2D eigenvalue weighted by molar-refractivity contribution is 6.30. The van der Waals surface area contributed by atoms with Crippen molar-refractivity contribution in [3.63, 3.8) is 0 Å². The smallest absolute Gasteiger partial charge is 0.132 e. The molecule has 0 aliphatic carbocycles. The molecule has 0 spiro atoms. The summed E-state index contributed by atoms with van der Waals surface area (Å²) in [6.07, 6.45) is 1.54. The van der Waals surface area contributed by atoms with Crippen molar-refractivity contribution >= 4 is 17.4 Å². The number of benzene rings is 1. The number of hydrogen-bond acceptors (Lipinski definition) is 2. The first-order chi connectivity index (χ1) is 7.16. The summed E-state index contributed by atoms with van der Waals surface area (Å²) < 4.78 is 13.5. The van der Waals surface area contributed by atoms with Crippen LogP contribution in [0.1, 0.15) is 0 Å². The van der Waals surface area contributed by atoms with Crippen molar-refractivity contribution in [3.05, 3.63) is 47.4 Å². The summed E-state index contributed by atoms with van der Waals surface area (Å²) >= 11 is 5.66. The zero-order valence-corrected chi connectivity index (χ0v) is 8.50. The molecule has 0 unspecified atom stereocenters. The van der Waals surface area contributed by atoms with Crippen molar-refractivity contribution in [3.8, 4) is 11.1 Å². The van der Waals surface area contributed by atoms with Crippen LogP contribution in [0, 0.1) is 5.82 Å². The number of nitrogen functional groups attached to an aromatic ring is 1. The van der Waals surface area contributed by atoms with Crippen molar-refractivity contribution in [2.24, 2.45) is 0 Å². The van der Waals surface area contributed by atoms with Crippen LogP contribution in [0.5, 0.6) is 0 Å². The van der Waals surface area contributed by atoms with Gasteiger partial charge in [0.15, 0.2) is 0 Å². The Morgan fingerprint density at radius 2 is 2.00 bits per heavy atom. The van der Waals surface area contributed by atoms with Gasteiger partial charge in [-0.15, -0.1) is 0 Å². The highest BCUT2D eigenvalue weighted by atomic mass is 35.5. The SMILES string of the molecule is Nc1cc(-c2ccc(Cl)cc2F)ccn1. The second-order valence-corrected chi connectivity index (χ2v) is 3.53. The molecule has 0 atom stereocenters. The molecular weight excluding hydrogens is 215 g/mol. The predicted octanol–water partition coefficient (Wildman–Crippen LogP) is 3.12. The van der Waals surface area contributed by atoms with E-state index in [9.17, 15) is 4.39 Å². The summed E-state index contributed by atoms with van der Waals surface area (Å²) in [5, 5.41) is 0.373. The third kappa shape index (κ3) is 2.07. The Morgan fingerprint density at radius 1 is 1.20 bits per heavy atom. The molecule has 1 aromatic heterocycles. The number of halogens is 2. The Kier molecular flexibility index (Phi) is 2.56. The second-order valence-electron chi connectivity index (χ2n) is 3.09. The zero-order valence-electron chi connectivity index (χ0n) is 7.74. The minimum absolute atomic E-state index is 0.363. The zero-order chi connectivity index (χ0) is 10.8. The third-order valence-electron chi connectivity index (χ3n) is 2.02. The minimum atomic E-state index is -0.367. The summed E-state index contributed by atoms with van der Waals surface area (Å²) in [5.74, 6) is -0.00468. The standard InChI is InChI=1S/C11H8ClFN2/c12-8-1-2-9(10(13)6-8)7-3-4-15-11(14)5-7/h1-6H,(H2,14,15). The van der Waals surface area contributed by atoms with E-state index in [0.29, 0.717) is 22.0 Å². The van der Waals surface area contributed by atoms with Gasteiger partial charge < -0.3 is 5.73 Å². The first-order valence-corrected chi connectivity index (χ1v) is 4.71. The van der Waals surface area contributed by atoms with Gasteiger partial charge in [-0.3, -0.25) is 0 Å². The molecule has 0 amide bonds. The van der Waals surface area contributed by atoms with Gasteiger partial charge in [-0.2, -0.15) is 0 Å². The van der Waals surface area contributed by atoms with Gasteiger partial charge in [-0.1, -0.05) is 11.6 Å². The molecule has 1 aromatic carbocycles. The van der Waals surface area contributed by atoms with Crippen LogP contribution < -0.4 is 5.73 Å². The molecule has 2 aromatic rings. The molecule has 0 saturated heterocycles. The van der Waals surface area contributed by atoms with Crippen LogP contribution in [0.2, 0.25) is 5.02 Å². The molecule has 4 heteroatoms. The Morgan fingerprint density at radius 3 is 2.67 bits per heavy atom. The molecule has 2 rings (SSSR count). The monoisotopic (exact) mass is 222 g/mol. The highest BCUT2D eigenvalue weighted by Crippen LogP contribution is 2.25. The van der Waals surface area contributed by atoms with Gasteiger partial charge in [-0.05, 0) is 35.9 Å². The molecule has 0 fully saturated rings. The molecule has 0 saturated carbocycles. The van der Waals surface area contributed by atoms with Gasteiger partial charge in [0.05, 0.1) is 0 Å². The van der Waals surface area contributed by atoms with Gasteiger partial charge in [-0.25, -0.2) is 9.37 Å². The average molecular weight is 223 g/mol. The Bertz CT molecular complexity index is 500. The van der Waals surface area contributed by atoms with Crippen molar-refractivity contribution in [2.45, 2.75) is 0 Å². The topological polar surface area (TPSA) is 38.9 Å². The molecule has 0 bridgehead atoms. The van der Waals surface area contributed by atoms with E-state index >= 15 is 0 Å². The number of anilines is 1. The largest absolute Gasteiger partial charge is 0.384 e. The summed E-state index contributed by atoms with van der Waals surface area (Å²) in [6.45, 7) is 0. The van der Waals surface area contributed by atoms with Crippen molar-refractivity contribution in [1.82, 2.24) is 4.98 Å². The van der Waals surface area contributed by atoms with Crippen molar-refractivity contribution < 1.29 is 4.39 Å². The van der Waals surface area contributed by atoms with Crippen LogP contribution in [0.4, 0.5) is 10.2 Å². The predicted molar refractivity (Wildman–Crippen MR) is 59.1 cm³/mol.